The molecule has 1 unspecified atom stereocenters. The third-order valence-corrected chi connectivity index (χ3v) is 3.20. The van der Waals surface area contributed by atoms with Crippen molar-refractivity contribution in [1.29, 1.82) is 0 Å². The van der Waals surface area contributed by atoms with Gasteiger partial charge in [0.25, 0.3) is 0 Å². The first kappa shape index (κ1) is 11.8. The number of ether oxygens (including phenoxy) is 1. The molecule has 0 bridgehead atoms. The Morgan fingerprint density at radius 3 is 2.57 bits per heavy atom. The van der Waals surface area contributed by atoms with Crippen LogP contribution in [0.4, 0.5) is 0 Å². The molecule has 0 aliphatic carbocycles. The maximum absolute atomic E-state index is 11.7. The molecule has 14 heavy (non-hydrogen) atoms. The Hall–Kier alpha value is -0.280. The van der Waals surface area contributed by atoms with Gasteiger partial charge in [-0.25, -0.2) is 0 Å². The molecule has 1 heterocycles. The Kier molecular flexibility index (Phi) is 4.69. The van der Waals surface area contributed by atoms with E-state index >= 15 is 0 Å². The zero-order valence-electron chi connectivity index (χ0n) is 8.83. The van der Waals surface area contributed by atoms with Crippen LogP contribution in [-0.2, 0) is 9.53 Å². The normalized spacial score (nSPS) is 20.9. The second-order valence-electron chi connectivity index (χ2n) is 3.82. The van der Waals surface area contributed by atoms with E-state index in [1.54, 1.807) is 7.11 Å². The van der Waals surface area contributed by atoms with Crippen molar-refractivity contribution >= 4 is 17.5 Å². The Balaban J connectivity index is 2.37. The minimum absolute atomic E-state index is 0.0595. The van der Waals surface area contributed by atoms with E-state index in [2.05, 4.69) is 0 Å². The highest BCUT2D eigenvalue weighted by Gasteiger charge is 2.25. The first-order valence-electron chi connectivity index (χ1n) is 5.06. The monoisotopic (exact) mass is 219 g/mol. The molecular weight excluding hydrogens is 202 g/mol. The number of piperidine rings is 1. The van der Waals surface area contributed by atoms with Crippen molar-refractivity contribution in [1.82, 2.24) is 4.90 Å². The third kappa shape index (κ3) is 2.85. The van der Waals surface area contributed by atoms with Crippen LogP contribution in [0.1, 0.15) is 19.8 Å². The summed E-state index contributed by atoms with van der Waals surface area (Å²) in [7, 11) is 1.73. The summed E-state index contributed by atoms with van der Waals surface area (Å²) in [6.07, 6.45) is 2.21. The average molecular weight is 220 g/mol. The van der Waals surface area contributed by atoms with Crippen molar-refractivity contribution in [3.63, 3.8) is 0 Å². The maximum Gasteiger partial charge on any atom is 0.226 e. The number of hydrogen-bond donors (Lipinski definition) is 0. The third-order valence-electron chi connectivity index (χ3n) is 2.74. The van der Waals surface area contributed by atoms with Gasteiger partial charge in [-0.1, -0.05) is 6.92 Å². The van der Waals surface area contributed by atoms with Crippen LogP contribution in [0.15, 0.2) is 0 Å². The number of nitrogens with zero attached hydrogens (tertiary/aromatic N) is 1. The lowest BCUT2D eigenvalue weighted by Crippen LogP contribution is -2.43. The van der Waals surface area contributed by atoms with Crippen LogP contribution in [0.2, 0.25) is 0 Å². The van der Waals surface area contributed by atoms with Crippen LogP contribution >= 0.6 is 11.6 Å². The van der Waals surface area contributed by atoms with E-state index in [1.807, 2.05) is 11.8 Å². The molecule has 0 aromatic rings. The molecule has 1 saturated heterocycles. The molecule has 82 valence electrons. The smallest absolute Gasteiger partial charge is 0.226 e. The zero-order valence-corrected chi connectivity index (χ0v) is 9.59. The van der Waals surface area contributed by atoms with E-state index < -0.39 is 0 Å². The standard InChI is InChI=1S/C10H18ClNO2/c1-8(7-11)10(13)12-5-3-9(14-2)4-6-12/h8-9H,3-7H2,1-2H3. The number of rotatable bonds is 3. The topological polar surface area (TPSA) is 29.5 Å². The van der Waals surface area contributed by atoms with Gasteiger partial charge in [0.2, 0.25) is 5.91 Å². The van der Waals surface area contributed by atoms with Crippen LogP contribution in [-0.4, -0.2) is 43.0 Å². The van der Waals surface area contributed by atoms with E-state index in [0.29, 0.717) is 12.0 Å². The van der Waals surface area contributed by atoms with E-state index in [4.69, 9.17) is 16.3 Å². The van der Waals surface area contributed by atoms with Crippen molar-refractivity contribution < 1.29 is 9.53 Å². The van der Waals surface area contributed by atoms with Gasteiger partial charge < -0.3 is 9.64 Å². The lowest BCUT2D eigenvalue weighted by molar-refractivity contribution is -0.136. The maximum atomic E-state index is 11.7. The van der Waals surface area contributed by atoms with Crippen LogP contribution < -0.4 is 0 Å². The van der Waals surface area contributed by atoms with Gasteiger partial charge in [-0.15, -0.1) is 11.6 Å². The number of carbonyl (C=O) groups excluding carboxylic acids is 1. The highest BCUT2D eigenvalue weighted by Crippen LogP contribution is 2.15. The quantitative estimate of drug-likeness (QED) is 0.674. The minimum atomic E-state index is -0.0595. The summed E-state index contributed by atoms with van der Waals surface area (Å²) in [6.45, 7) is 3.48. The summed E-state index contributed by atoms with van der Waals surface area (Å²) in [6, 6.07) is 0. The second-order valence-corrected chi connectivity index (χ2v) is 4.12. The molecule has 1 rings (SSSR count). The molecular formula is C10H18ClNO2. The molecule has 1 fully saturated rings. The lowest BCUT2D eigenvalue weighted by atomic mass is 10.1. The Morgan fingerprint density at radius 1 is 1.57 bits per heavy atom. The van der Waals surface area contributed by atoms with Crippen LogP contribution in [0, 0.1) is 5.92 Å². The van der Waals surface area contributed by atoms with Crippen molar-refractivity contribution in [2.75, 3.05) is 26.1 Å². The molecule has 1 atom stereocenters. The van der Waals surface area contributed by atoms with E-state index in [-0.39, 0.29) is 11.8 Å². The molecule has 0 N–H and O–H groups in total. The van der Waals surface area contributed by atoms with Gasteiger partial charge in [0.1, 0.15) is 0 Å². The van der Waals surface area contributed by atoms with Gasteiger partial charge >= 0.3 is 0 Å². The second kappa shape index (κ2) is 5.56. The first-order chi connectivity index (χ1) is 6.69. The fourth-order valence-corrected chi connectivity index (χ4v) is 1.82. The van der Waals surface area contributed by atoms with Gasteiger partial charge in [-0.05, 0) is 12.8 Å². The fraction of sp³-hybridized carbons (Fsp3) is 0.900. The summed E-state index contributed by atoms with van der Waals surface area (Å²) in [5.74, 6) is 0.522. The molecule has 1 aliphatic rings. The zero-order chi connectivity index (χ0) is 10.6. The molecule has 4 heteroatoms. The fourth-order valence-electron chi connectivity index (χ4n) is 1.69. The number of alkyl halides is 1. The highest BCUT2D eigenvalue weighted by atomic mass is 35.5. The molecule has 1 amide bonds. The number of carbonyl (C=O) groups is 1. The van der Waals surface area contributed by atoms with Gasteiger partial charge in [-0.2, -0.15) is 0 Å². The lowest BCUT2D eigenvalue weighted by Gasteiger charge is -2.32. The van der Waals surface area contributed by atoms with Crippen molar-refractivity contribution in [3.05, 3.63) is 0 Å². The molecule has 0 radical (unpaired) electrons. The molecule has 0 aromatic heterocycles. The summed E-state index contributed by atoms with van der Waals surface area (Å²) >= 11 is 5.65. The van der Waals surface area contributed by atoms with E-state index in [1.165, 1.54) is 0 Å². The van der Waals surface area contributed by atoms with Crippen molar-refractivity contribution in [3.8, 4) is 0 Å². The van der Waals surface area contributed by atoms with Crippen LogP contribution in [0.5, 0.6) is 0 Å². The van der Waals surface area contributed by atoms with E-state index in [0.717, 1.165) is 25.9 Å². The minimum Gasteiger partial charge on any atom is -0.381 e. The summed E-state index contributed by atoms with van der Waals surface area (Å²) in [5.41, 5.74) is 0. The molecule has 0 spiro atoms. The SMILES string of the molecule is COC1CCN(C(=O)C(C)CCl)CC1. The van der Waals surface area contributed by atoms with Gasteiger partial charge in [-0.3, -0.25) is 4.79 Å². The Labute approximate surface area is 90.4 Å². The largest absolute Gasteiger partial charge is 0.381 e. The average Bonchev–Trinajstić information content (AvgIpc) is 2.27. The summed E-state index contributed by atoms with van der Waals surface area (Å²) in [5, 5.41) is 0. The molecule has 3 nitrogen and oxygen atoms in total. The van der Waals surface area contributed by atoms with Gasteiger partial charge in [0, 0.05) is 32.0 Å². The molecule has 0 saturated carbocycles. The Morgan fingerprint density at radius 2 is 2.14 bits per heavy atom. The Bertz CT molecular complexity index is 191. The first-order valence-corrected chi connectivity index (χ1v) is 5.60. The number of likely N-dealkylation sites (tertiary alicyclic amines) is 1. The number of amides is 1. The van der Waals surface area contributed by atoms with Crippen molar-refractivity contribution in [2.45, 2.75) is 25.9 Å². The number of halogens is 1. The van der Waals surface area contributed by atoms with Crippen LogP contribution in [0.25, 0.3) is 0 Å². The predicted molar refractivity (Wildman–Crippen MR) is 56.5 cm³/mol. The molecule has 0 aromatic carbocycles. The van der Waals surface area contributed by atoms with Gasteiger partial charge in [0.05, 0.1) is 6.10 Å². The number of hydrogen-bond acceptors (Lipinski definition) is 2. The number of methoxy groups -OCH3 is 1. The van der Waals surface area contributed by atoms with Gasteiger partial charge in [0.15, 0.2) is 0 Å². The van der Waals surface area contributed by atoms with E-state index in [9.17, 15) is 4.79 Å². The molecule has 1 aliphatic heterocycles. The van der Waals surface area contributed by atoms with Crippen molar-refractivity contribution in [2.24, 2.45) is 5.92 Å². The predicted octanol–water partition coefficient (Wildman–Crippen LogP) is 1.50. The summed E-state index contributed by atoms with van der Waals surface area (Å²) < 4.78 is 5.24. The highest BCUT2D eigenvalue weighted by molar-refractivity contribution is 6.19. The van der Waals surface area contributed by atoms with Crippen LogP contribution in [0.3, 0.4) is 0 Å². The summed E-state index contributed by atoms with van der Waals surface area (Å²) in [4.78, 5) is 13.6.